The third-order valence-corrected chi connectivity index (χ3v) is 4.09. The van der Waals surface area contributed by atoms with Crippen LogP contribution in [0.5, 0.6) is 0 Å². The SMILES string of the molecule is C#CCn1c(C2CC2)nc(-c2cccc(C)c2C)c1N. The van der Waals surface area contributed by atoms with E-state index in [4.69, 9.17) is 17.1 Å². The zero-order valence-electron chi connectivity index (χ0n) is 12.0. The Labute approximate surface area is 119 Å². The van der Waals surface area contributed by atoms with Gasteiger partial charge in [0, 0.05) is 11.5 Å². The summed E-state index contributed by atoms with van der Waals surface area (Å²) >= 11 is 0. The summed E-state index contributed by atoms with van der Waals surface area (Å²) in [5, 5.41) is 0. The molecule has 0 aliphatic heterocycles. The van der Waals surface area contributed by atoms with Gasteiger partial charge in [-0.3, -0.25) is 0 Å². The summed E-state index contributed by atoms with van der Waals surface area (Å²) in [5.41, 5.74) is 10.8. The number of nitrogens with two attached hydrogens (primary N) is 1. The van der Waals surface area contributed by atoms with Crippen LogP contribution in [0.2, 0.25) is 0 Å². The largest absolute Gasteiger partial charge is 0.383 e. The van der Waals surface area contributed by atoms with Gasteiger partial charge in [-0.1, -0.05) is 24.1 Å². The van der Waals surface area contributed by atoms with Crippen molar-refractivity contribution in [2.24, 2.45) is 0 Å². The molecule has 3 nitrogen and oxygen atoms in total. The Hall–Kier alpha value is -2.21. The van der Waals surface area contributed by atoms with Gasteiger partial charge in [0.25, 0.3) is 0 Å². The Bertz CT molecular complexity index is 700. The van der Waals surface area contributed by atoms with E-state index in [1.807, 2.05) is 10.6 Å². The molecule has 1 heterocycles. The minimum atomic E-state index is 0.496. The lowest BCUT2D eigenvalue weighted by Gasteiger charge is -2.08. The second-order valence-electron chi connectivity index (χ2n) is 5.52. The molecule has 0 saturated heterocycles. The standard InChI is InChI=1S/C17H19N3/c1-4-10-20-16(18)15(19-17(20)13-8-9-13)14-7-5-6-11(2)12(14)3/h1,5-7,13H,8-10,18H2,2-3H3. The second kappa shape index (κ2) is 4.72. The third-order valence-electron chi connectivity index (χ3n) is 4.09. The first-order chi connectivity index (χ1) is 9.63. The normalized spacial score (nSPS) is 14.2. The lowest BCUT2D eigenvalue weighted by molar-refractivity contribution is 0.762. The average molecular weight is 265 g/mol. The number of aromatic nitrogens is 2. The molecule has 1 aromatic carbocycles. The Morgan fingerprint density at radius 1 is 1.40 bits per heavy atom. The average Bonchev–Trinajstić information content (AvgIpc) is 3.22. The highest BCUT2D eigenvalue weighted by Gasteiger charge is 2.31. The quantitative estimate of drug-likeness (QED) is 0.866. The van der Waals surface area contributed by atoms with Crippen molar-refractivity contribution >= 4 is 5.82 Å². The molecule has 0 bridgehead atoms. The summed E-state index contributed by atoms with van der Waals surface area (Å²) in [6, 6.07) is 6.24. The molecule has 0 spiro atoms. The van der Waals surface area contributed by atoms with Crippen LogP contribution < -0.4 is 5.73 Å². The number of imidazole rings is 1. The highest BCUT2D eigenvalue weighted by Crippen LogP contribution is 2.42. The lowest BCUT2D eigenvalue weighted by atomic mass is 10.0. The maximum atomic E-state index is 6.31. The number of nitrogen functional groups attached to an aromatic ring is 1. The van der Waals surface area contributed by atoms with Crippen LogP contribution in [-0.4, -0.2) is 9.55 Å². The van der Waals surface area contributed by atoms with E-state index in [1.54, 1.807) is 0 Å². The lowest BCUT2D eigenvalue weighted by Crippen LogP contribution is -2.05. The van der Waals surface area contributed by atoms with E-state index in [1.165, 1.54) is 24.0 Å². The summed E-state index contributed by atoms with van der Waals surface area (Å²) < 4.78 is 1.99. The maximum absolute atomic E-state index is 6.31. The third kappa shape index (κ3) is 1.98. The number of hydrogen-bond acceptors (Lipinski definition) is 2. The van der Waals surface area contributed by atoms with Crippen LogP contribution in [0.1, 0.15) is 35.7 Å². The van der Waals surface area contributed by atoms with Gasteiger partial charge in [-0.05, 0) is 37.8 Å². The Morgan fingerprint density at radius 3 is 2.80 bits per heavy atom. The predicted molar refractivity (Wildman–Crippen MR) is 82.4 cm³/mol. The topological polar surface area (TPSA) is 43.8 Å². The van der Waals surface area contributed by atoms with Crippen LogP contribution in [-0.2, 0) is 6.54 Å². The molecule has 1 fully saturated rings. The highest BCUT2D eigenvalue weighted by molar-refractivity contribution is 5.74. The van der Waals surface area contributed by atoms with Gasteiger partial charge in [0.15, 0.2) is 0 Å². The molecule has 0 atom stereocenters. The van der Waals surface area contributed by atoms with Crippen molar-refractivity contribution < 1.29 is 0 Å². The van der Waals surface area contributed by atoms with Gasteiger partial charge in [-0.2, -0.15) is 0 Å². The second-order valence-corrected chi connectivity index (χ2v) is 5.52. The van der Waals surface area contributed by atoms with Gasteiger partial charge in [0.05, 0.1) is 6.54 Å². The van der Waals surface area contributed by atoms with E-state index < -0.39 is 0 Å². The molecular weight excluding hydrogens is 246 g/mol. The molecule has 3 heteroatoms. The summed E-state index contributed by atoms with van der Waals surface area (Å²) in [5.74, 6) is 4.96. The fourth-order valence-corrected chi connectivity index (χ4v) is 2.60. The van der Waals surface area contributed by atoms with Gasteiger partial charge < -0.3 is 10.3 Å². The number of rotatable bonds is 3. The van der Waals surface area contributed by atoms with Crippen LogP contribution >= 0.6 is 0 Å². The van der Waals surface area contributed by atoms with E-state index in [0.717, 1.165) is 17.1 Å². The number of hydrogen-bond donors (Lipinski definition) is 1. The fourth-order valence-electron chi connectivity index (χ4n) is 2.60. The molecular formula is C17H19N3. The molecule has 2 aromatic rings. The van der Waals surface area contributed by atoms with Crippen molar-refractivity contribution in [3.8, 4) is 23.6 Å². The number of aryl methyl sites for hydroxylation is 1. The summed E-state index contributed by atoms with van der Waals surface area (Å²) in [6.45, 7) is 4.71. The zero-order valence-corrected chi connectivity index (χ0v) is 12.0. The Kier molecular flexibility index (Phi) is 3.02. The van der Waals surface area contributed by atoms with Crippen molar-refractivity contribution in [1.82, 2.24) is 9.55 Å². The molecule has 102 valence electrons. The molecule has 0 amide bonds. The van der Waals surface area contributed by atoms with Crippen LogP contribution in [0.4, 0.5) is 5.82 Å². The summed E-state index contributed by atoms with van der Waals surface area (Å²) in [6.07, 6.45) is 7.84. The van der Waals surface area contributed by atoms with Crippen molar-refractivity contribution in [2.45, 2.75) is 39.2 Å². The van der Waals surface area contributed by atoms with Gasteiger partial charge in [-0.15, -0.1) is 6.42 Å². The van der Waals surface area contributed by atoms with E-state index in [2.05, 4.69) is 31.9 Å². The Morgan fingerprint density at radius 2 is 2.15 bits per heavy atom. The van der Waals surface area contributed by atoms with Gasteiger partial charge in [0.1, 0.15) is 17.3 Å². The van der Waals surface area contributed by atoms with E-state index in [-0.39, 0.29) is 0 Å². The first kappa shape index (κ1) is 12.8. The first-order valence-corrected chi connectivity index (χ1v) is 6.99. The number of anilines is 1. The molecule has 1 saturated carbocycles. The minimum Gasteiger partial charge on any atom is -0.383 e. The number of benzene rings is 1. The fraction of sp³-hybridized carbons (Fsp3) is 0.353. The zero-order chi connectivity index (χ0) is 14.3. The molecule has 0 radical (unpaired) electrons. The smallest absolute Gasteiger partial charge is 0.132 e. The van der Waals surface area contributed by atoms with Gasteiger partial charge in [-0.25, -0.2) is 4.98 Å². The monoisotopic (exact) mass is 265 g/mol. The minimum absolute atomic E-state index is 0.496. The molecule has 2 N–H and O–H groups in total. The first-order valence-electron chi connectivity index (χ1n) is 6.99. The Balaban J connectivity index is 2.17. The van der Waals surface area contributed by atoms with Crippen molar-refractivity contribution in [2.75, 3.05) is 5.73 Å². The number of terminal acetylenes is 1. The van der Waals surface area contributed by atoms with Crippen molar-refractivity contribution in [3.05, 3.63) is 35.2 Å². The predicted octanol–water partition coefficient (Wildman–Crippen LogP) is 3.26. The maximum Gasteiger partial charge on any atom is 0.132 e. The van der Waals surface area contributed by atoms with E-state index in [0.29, 0.717) is 18.3 Å². The van der Waals surface area contributed by atoms with Crippen LogP contribution in [0.15, 0.2) is 18.2 Å². The van der Waals surface area contributed by atoms with Crippen molar-refractivity contribution in [1.29, 1.82) is 0 Å². The summed E-state index contributed by atoms with van der Waals surface area (Å²) in [4.78, 5) is 4.80. The van der Waals surface area contributed by atoms with Crippen molar-refractivity contribution in [3.63, 3.8) is 0 Å². The molecule has 0 unspecified atom stereocenters. The number of nitrogens with zero attached hydrogens (tertiary/aromatic N) is 2. The van der Waals surface area contributed by atoms with Gasteiger partial charge >= 0.3 is 0 Å². The van der Waals surface area contributed by atoms with Crippen LogP contribution in [0.25, 0.3) is 11.3 Å². The summed E-state index contributed by atoms with van der Waals surface area (Å²) in [7, 11) is 0. The van der Waals surface area contributed by atoms with E-state index in [9.17, 15) is 0 Å². The van der Waals surface area contributed by atoms with Crippen LogP contribution in [0, 0.1) is 26.2 Å². The van der Waals surface area contributed by atoms with Gasteiger partial charge in [0.2, 0.25) is 0 Å². The van der Waals surface area contributed by atoms with Crippen LogP contribution in [0.3, 0.4) is 0 Å². The molecule has 20 heavy (non-hydrogen) atoms. The molecule has 1 aliphatic rings. The molecule has 3 rings (SSSR count). The molecule has 1 aromatic heterocycles. The molecule has 1 aliphatic carbocycles. The highest BCUT2D eigenvalue weighted by atomic mass is 15.1. The van der Waals surface area contributed by atoms with E-state index >= 15 is 0 Å².